The van der Waals surface area contributed by atoms with E-state index >= 15 is 0 Å². The minimum absolute atomic E-state index is 0.0619. The molecule has 0 spiro atoms. The van der Waals surface area contributed by atoms with Crippen LogP contribution in [0.2, 0.25) is 0 Å². The average Bonchev–Trinajstić information content (AvgIpc) is 3.36. The van der Waals surface area contributed by atoms with Crippen LogP contribution in [0.15, 0.2) is 280 Å². The molecule has 72 heavy (non-hydrogen) atoms. The van der Waals surface area contributed by atoms with Gasteiger partial charge in [0.1, 0.15) is 0 Å². The van der Waals surface area contributed by atoms with Crippen LogP contribution in [0.5, 0.6) is 0 Å². The van der Waals surface area contributed by atoms with Gasteiger partial charge in [-0.25, -0.2) is 0 Å². The molecule has 0 aromatic heterocycles. The Balaban J connectivity index is 1.28. The summed E-state index contributed by atoms with van der Waals surface area (Å²) >= 11 is 0. The monoisotopic (exact) mass is 928 g/mol. The van der Waals surface area contributed by atoms with E-state index in [-0.39, 0.29) is 20.1 Å². The van der Waals surface area contributed by atoms with Crippen LogP contribution in [-0.2, 0) is 0 Å². The number of benzene rings is 1. The van der Waals surface area contributed by atoms with Crippen LogP contribution in [0.4, 0.5) is 17.1 Å². The van der Waals surface area contributed by atoms with Crippen LogP contribution in [0, 0.1) is 0 Å². The minimum Gasteiger partial charge on any atom is -0.312 e. The maximum absolute atomic E-state index is 2.71. The maximum atomic E-state index is 2.71. The number of rotatable bonds is 0. The Kier molecular flexibility index (Phi) is 9.92. The van der Waals surface area contributed by atoms with E-state index in [0.717, 1.165) is 0 Å². The molecule has 348 valence electrons. The van der Waals surface area contributed by atoms with E-state index in [9.17, 15) is 0 Å². The maximum Gasteiger partial charge on any atom is 0.252 e. The fraction of sp³-hybridized carbons (Fsp3) is 0.182. The molecular formula is C66H60B3N3. The van der Waals surface area contributed by atoms with Crippen LogP contribution in [-0.4, -0.2) is 20.1 Å². The smallest absolute Gasteiger partial charge is 0.252 e. The highest BCUT2D eigenvalue weighted by molar-refractivity contribution is 6.99. The number of allylic oxidation sites excluding steroid dienone is 42. The number of nitrogens with zero attached hydrogens (tertiary/aromatic N) is 3. The van der Waals surface area contributed by atoms with Crippen molar-refractivity contribution in [3.05, 3.63) is 280 Å². The highest BCUT2D eigenvalue weighted by Gasteiger charge is 2.58. The summed E-state index contributed by atoms with van der Waals surface area (Å²) in [4.78, 5) is 8.13. The van der Waals surface area contributed by atoms with Gasteiger partial charge in [-0.3, -0.25) is 0 Å². The topological polar surface area (TPSA) is 9.72 Å². The molecule has 0 saturated heterocycles. The van der Waals surface area contributed by atoms with E-state index in [0.29, 0.717) is 0 Å². The Morgan fingerprint density at radius 2 is 0.333 bits per heavy atom. The third-order valence-corrected chi connectivity index (χ3v) is 17.9. The molecule has 12 aliphatic rings. The van der Waals surface area contributed by atoms with Gasteiger partial charge in [0, 0.05) is 51.2 Å². The van der Waals surface area contributed by atoms with Crippen molar-refractivity contribution in [1.29, 1.82) is 0 Å². The molecule has 6 aliphatic carbocycles. The van der Waals surface area contributed by atoms with E-state index in [1.807, 2.05) is 0 Å². The second-order valence-electron chi connectivity index (χ2n) is 21.8. The van der Waals surface area contributed by atoms with Gasteiger partial charge in [-0.15, -0.1) is 0 Å². The zero-order valence-electron chi connectivity index (χ0n) is 43.9. The Bertz CT molecular complexity index is 2890. The molecule has 0 fully saturated rings. The predicted molar refractivity (Wildman–Crippen MR) is 312 cm³/mol. The van der Waals surface area contributed by atoms with Gasteiger partial charge >= 0.3 is 0 Å². The number of hydrogen-bond acceptors (Lipinski definition) is 3. The van der Waals surface area contributed by atoms with Gasteiger partial charge in [0.05, 0.1) is 0 Å². The van der Waals surface area contributed by atoms with Crippen molar-refractivity contribution in [2.24, 2.45) is 0 Å². The highest BCUT2D eigenvalue weighted by atomic mass is 15.2. The SMILES string of the molecule is CC1=C(C)/C=C\C2=C(/C=C\1)B1C3=C(\C=C/C(C)=C(C)\C=C/3)N3C4=C(\C=C/C(C)=C(C)\C=C/4)B4C5=C(\C=C/C(C)=C(C)/C=C\5)N5C6=C(\C=C/C(C)=C(C)\C=C/6)B6C7=C(\C=C/C(C)=C(C)\C=C/7)N2c2c1c3c4c5c26. The summed E-state index contributed by atoms with van der Waals surface area (Å²) in [5, 5.41) is 0. The standard InChI is InChI=1S/C66H60B3N3/c1-37-13-25-49-55(31-19-43(37)7)70-57-33-21-45(9)39(3)15-27-51(57)68-53-29-17-41(5)47(11)23-35-59(53)72-60-36-24-48(12)42(6)18-30-54(60)69-52-28-16-40(4)46(10)22-34-58(52)71-56-32-20-44(8)38(2)14-26-50(56)67(49)61-64(70)62(68)66(72)63(69)65(61)71/h13-36H,1-12H3/b25-13-,26-14-,27-15-,28-16-,29-17-,30-18-,31-19-,32-20-,33-21-,34-22-,35-23-,36-24-,37-13?,38-14?,39-15?,40-16?,41-17?,42-18?,43-19?,43-37-,44-20?,44-38-,45-21?,45-39-,46-22?,46-40-,47-23?,47-41-,48-24?,48-42+,49-25?,50-26?,51-27?,52-28?,53-29?,54-30?,55-31?,56-32?,57-33?,58-34?,59-35?,60-36?. The summed E-state index contributed by atoms with van der Waals surface area (Å²) in [5.41, 5.74) is 38.9. The van der Waals surface area contributed by atoms with Crippen LogP contribution in [0.1, 0.15) is 83.1 Å². The van der Waals surface area contributed by atoms with Gasteiger partial charge < -0.3 is 14.7 Å². The summed E-state index contributed by atoms with van der Waals surface area (Å²) in [6.07, 6.45) is 58.1. The van der Waals surface area contributed by atoms with Crippen molar-refractivity contribution in [3.8, 4) is 0 Å². The van der Waals surface area contributed by atoms with Crippen LogP contribution < -0.4 is 31.1 Å². The Labute approximate surface area is 428 Å². The summed E-state index contributed by atoms with van der Waals surface area (Å²) in [6.45, 7) is 26.9. The van der Waals surface area contributed by atoms with Crippen LogP contribution in [0.3, 0.4) is 0 Å². The molecule has 0 saturated carbocycles. The van der Waals surface area contributed by atoms with E-state index in [2.05, 4.69) is 244 Å². The molecule has 3 nitrogen and oxygen atoms in total. The van der Waals surface area contributed by atoms with Crippen molar-refractivity contribution in [2.45, 2.75) is 83.1 Å². The van der Waals surface area contributed by atoms with Crippen molar-refractivity contribution >= 4 is 53.6 Å². The first kappa shape index (κ1) is 44.5. The molecule has 6 heteroatoms. The third kappa shape index (κ3) is 6.14. The summed E-state index contributed by atoms with van der Waals surface area (Å²) in [5.74, 6) is 0. The fourth-order valence-electron chi connectivity index (χ4n) is 12.7. The van der Waals surface area contributed by atoms with E-state index in [1.165, 1.54) is 167 Å². The van der Waals surface area contributed by atoms with E-state index in [1.54, 1.807) is 0 Å². The Morgan fingerprint density at radius 3 is 0.486 bits per heavy atom. The lowest BCUT2D eigenvalue weighted by Gasteiger charge is -2.56. The molecule has 1 aromatic carbocycles. The second kappa shape index (κ2) is 16.0. The number of hydrogen-bond donors (Lipinski definition) is 0. The van der Waals surface area contributed by atoms with Gasteiger partial charge in [0.15, 0.2) is 0 Å². The molecule has 1 aromatic rings. The van der Waals surface area contributed by atoms with Crippen LogP contribution in [0.25, 0.3) is 0 Å². The molecule has 0 unspecified atom stereocenters. The van der Waals surface area contributed by atoms with E-state index in [4.69, 9.17) is 0 Å². The molecule has 0 atom stereocenters. The van der Waals surface area contributed by atoms with Gasteiger partial charge in [-0.2, -0.15) is 0 Å². The van der Waals surface area contributed by atoms with Crippen molar-refractivity contribution in [3.63, 3.8) is 0 Å². The van der Waals surface area contributed by atoms with Crippen molar-refractivity contribution in [2.75, 3.05) is 14.7 Å². The molecule has 6 heterocycles. The first-order valence-corrected chi connectivity index (χ1v) is 26.0. The van der Waals surface area contributed by atoms with Gasteiger partial charge in [0.2, 0.25) is 0 Å². The van der Waals surface area contributed by atoms with Gasteiger partial charge in [-0.1, -0.05) is 109 Å². The van der Waals surface area contributed by atoms with Gasteiger partial charge in [0.25, 0.3) is 20.1 Å². The Morgan fingerprint density at radius 1 is 0.194 bits per heavy atom. The molecule has 0 radical (unpaired) electrons. The molecular weight excluding hydrogens is 867 g/mol. The molecule has 6 aliphatic heterocycles. The third-order valence-electron chi connectivity index (χ3n) is 17.9. The minimum atomic E-state index is -0.0619. The fourth-order valence-corrected chi connectivity index (χ4v) is 12.7. The zero-order chi connectivity index (χ0) is 49.8. The second-order valence-corrected chi connectivity index (χ2v) is 21.8. The zero-order valence-corrected chi connectivity index (χ0v) is 43.9. The first-order valence-electron chi connectivity index (χ1n) is 26.0. The van der Waals surface area contributed by atoms with Gasteiger partial charge in [-0.05, 0) is 236 Å². The van der Waals surface area contributed by atoms with Crippen molar-refractivity contribution < 1.29 is 0 Å². The lowest BCUT2D eigenvalue weighted by Crippen LogP contribution is -2.66. The number of fused-ring (bicyclic) bond motifs is 12. The normalized spacial score (nSPS) is 33.7. The summed E-state index contributed by atoms with van der Waals surface area (Å²) in [6, 6.07) is 0. The molecule has 0 N–H and O–H groups in total. The van der Waals surface area contributed by atoms with Crippen LogP contribution >= 0.6 is 0 Å². The predicted octanol–water partition coefficient (Wildman–Crippen LogP) is 13.8. The summed E-state index contributed by atoms with van der Waals surface area (Å²) in [7, 11) is 0. The lowest BCUT2D eigenvalue weighted by atomic mass is 9.24. The van der Waals surface area contributed by atoms with Crippen molar-refractivity contribution in [1.82, 2.24) is 0 Å². The number of anilines is 3. The Hall–Kier alpha value is -7.43. The molecule has 13 rings (SSSR count). The van der Waals surface area contributed by atoms with E-state index < -0.39 is 0 Å². The molecule has 0 bridgehead atoms. The first-order chi connectivity index (χ1) is 34.7. The summed E-state index contributed by atoms with van der Waals surface area (Å²) < 4.78 is 0. The average molecular weight is 928 g/mol. The quantitative estimate of drug-likeness (QED) is 0.240. The molecule has 0 amide bonds. The highest BCUT2D eigenvalue weighted by Crippen LogP contribution is 2.55. The lowest BCUT2D eigenvalue weighted by molar-refractivity contribution is 1.06. The largest absolute Gasteiger partial charge is 0.312 e.